The Balaban J connectivity index is 1.74. The van der Waals surface area contributed by atoms with E-state index in [9.17, 15) is 4.79 Å². The predicted molar refractivity (Wildman–Crippen MR) is 123 cm³/mol. The lowest BCUT2D eigenvalue weighted by atomic mass is 9.88. The van der Waals surface area contributed by atoms with Gasteiger partial charge in [0.25, 0.3) is 5.91 Å². The number of para-hydroxylation sites is 3. The summed E-state index contributed by atoms with van der Waals surface area (Å²) < 4.78 is 5.53. The predicted octanol–water partition coefficient (Wildman–Crippen LogP) is 5.90. The molecule has 1 aliphatic rings. The summed E-state index contributed by atoms with van der Waals surface area (Å²) in [7, 11) is 1.68. The van der Waals surface area contributed by atoms with Gasteiger partial charge in [-0.25, -0.2) is 0 Å². The number of nitrogens with one attached hydrogen (secondary N) is 1. The van der Waals surface area contributed by atoms with Crippen molar-refractivity contribution in [1.29, 1.82) is 0 Å². The van der Waals surface area contributed by atoms with Gasteiger partial charge in [-0.2, -0.15) is 0 Å². The molecule has 0 aliphatic carbocycles. The normalized spacial score (nSPS) is 17.9. The topological polar surface area (TPSA) is 41.6 Å². The molecule has 1 N–H and O–H groups in total. The third-order valence-electron chi connectivity index (χ3n) is 5.86. The van der Waals surface area contributed by atoms with Gasteiger partial charge < -0.3 is 15.0 Å². The van der Waals surface area contributed by atoms with Crippen LogP contribution in [0.25, 0.3) is 0 Å². The van der Waals surface area contributed by atoms with E-state index in [0.717, 1.165) is 45.8 Å². The Labute approximate surface area is 178 Å². The van der Waals surface area contributed by atoms with Crippen molar-refractivity contribution >= 4 is 17.3 Å². The van der Waals surface area contributed by atoms with Gasteiger partial charge in [0, 0.05) is 11.6 Å². The molecule has 0 spiro atoms. The van der Waals surface area contributed by atoms with E-state index in [1.54, 1.807) is 7.11 Å². The molecule has 4 heteroatoms. The Bertz CT molecular complexity index is 1060. The second-order valence-electron chi connectivity index (χ2n) is 8.04. The number of hydrogen-bond acceptors (Lipinski definition) is 3. The molecule has 30 heavy (non-hydrogen) atoms. The molecule has 0 radical (unpaired) electrons. The van der Waals surface area contributed by atoms with Gasteiger partial charge in [0.2, 0.25) is 0 Å². The van der Waals surface area contributed by atoms with Crippen LogP contribution in [0.5, 0.6) is 5.75 Å². The quantitative estimate of drug-likeness (QED) is 0.592. The van der Waals surface area contributed by atoms with Crippen molar-refractivity contribution in [3.8, 4) is 5.75 Å². The van der Waals surface area contributed by atoms with Crippen LogP contribution in [0.3, 0.4) is 0 Å². The van der Waals surface area contributed by atoms with Crippen molar-refractivity contribution in [3.63, 3.8) is 0 Å². The average molecular weight is 401 g/mol. The van der Waals surface area contributed by atoms with E-state index in [2.05, 4.69) is 37.4 Å². The summed E-state index contributed by atoms with van der Waals surface area (Å²) in [6.07, 6.45) is 0.812. The SMILES string of the molecule is COc1ccccc1N[C@@H]1C[C@H](C)N(C(=O)c2ccc(C)cc2)c2c(C)cccc21. The highest BCUT2D eigenvalue weighted by atomic mass is 16.5. The Kier molecular flexibility index (Phi) is 5.49. The van der Waals surface area contributed by atoms with Crippen molar-refractivity contribution in [2.75, 3.05) is 17.3 Å². The maximum absolute atomic E-state index is 13.5. The molecule has 0 fully saturated rings. The number of ether oxygens (including phenoxy) is 1. The van der Waals surface area contributed by atoms with Gasteiger partial charge in [0.15, 0.2) is 0 Å². The molecule has 3 aromatic carbocycles. The number of aryl methyl sites for hydroxylation is 2. The second-order valence-corrected chi connectivity index (χ2v) is 8.04. The van der Waals surface area contributed by atoms with E-state index < -0.39 is 0 Å². The van der Waals surface area contributed by atoms with Gasteiger partial charge in [-0.3, -0.25) is 4.79 Å². The van der Waals surface area contributed by atoms with E-state index in [1.807, 2.05) is 60.4 Å². The van der Waals surface area contributed by atoms with Crippen molar-refractivity contribution in [3.05, 3.63) is 89.0 Å². The van der Waals surface area contributed by atoms with E-state index in [0.29, 0.717) is 0 Å². The molecule has 0 aromatic heterocycles. The molecular formula is C26H28N2O2. The number of benzene rings is 3. The summed E-state index contributed by atoms with van der Waals surface area (Å²) in [6, 6.07) is 22.2. The first-order valence-corrected chi connectivity index (χ1v) is 10.4. The highest BCUT2D eigenvalue weighted by Crippen LogP contribution is 2.42. The second kappa shape index (κ2) is 8.23. The number of carbonyl (C=O) groups is 1. The van der Waals surface area contributed by atoms with Crippen molar-refractivity contribution in [2.45, 2.75) is 39.3 Å². The lowest BCUT2D eigenvalue weighted by Gasteiger charge is -2.41. The molecule has 3 aromatic rings. The average Bonchev–Trinajstić information content (AvgIpc) is 2.75. The molecule has 1 aliphatic heterocycles. The van der Waals surface area contributed by atoms with Gasteiger partial charge in [0.1, 0.15) is 5.75 Å². The fourth-order valence-electron chi connectivity index (χ4n) is 4.31. The number of rotatable bonds is 4. The van der Waals surface area contributed by atoms with Gasteiger partial charge in [-0.05, 0) is 62.6 Å². The zero-order valence-corrected chi connectivity index (χ0v) is 18.0. The molecule has 1 amide bonds. The lowest BCUT2D eigenvalue weighted by Crippen LogP contribution is -2.44. The number of amides is 1. The van der Waals surface area contributed by atoms with Crippen LogP contribution in [0.2, 0.25) is 0 Å². The van der Waals surface area contributed by atoms with E-state index >= 15 is 0 Å². The molecule has 0 unspecified atom stereocenters. The lowest BCUT2D eigenvalue weighted by molar-refractivity contribution is 0.0974. The highest BCUT2D eigenvalue weighted by Gasteiger charge is 2.35. The fourth-order valence-corrected chi connectivity index (χ4v) is 4.31. The van der Waals surface area contributed by atoms with Crippen LogP contribution >= 0.6 is 0 Å². The zero-order chi connectivity index (χ0) is 21.3. The van der Waals surface area contributed by atoms with E-state index in [-0.39, 0.29) is 18.0 Å². The highest BCUT2D eigenvalue weighted by molar-refractivity contribution is 6.07. The number of nitrogens with zero attached hydrogens (tertiary/aromatic N) is 1. The summed E-state index contributed by atoms with van der Waals surface area (Å²) in [6.45, 7) is 6.23. The third-order valence-corrected chi connectivity index (χ3v) is 5.86. The van der Waals surface area contributed by atoms with Crippen LogP contribution in [0.4, 0.5) is 11.4 Å². The summed E-state index contributed by atoms with van der Waals surface area (Å²) in [5.41, 5.74) is 6.08. The van der Waals surface area contributed by atoms with Gasteiger partial charge in [-0.15, -0.1) is 0 Å². The van der Waals surface area contributed by atoms with E-state index in [4.69, 9.17) is 4.74 Å². The van der Waals surface area contributed by atoms with Crippen LogP contribution in [-0.4, -0.2) is 19.1 Å². The minimum atomic E-state index is 0.0498. The molecular weight excluding hydrogens is 372 g/mol. The number of anilines is 2. The minimum absolute atomic E-state index is 0.0498. The molecule has 1 heterocycles. The molecule has 154 valence electrons. The van der Waals surface area contributed by atoms with Crippen molar-refractivity contribution < 1.29 is 9.53 Å². The number of fused-ring (bicyclic) bond motifs is 1. The number of methoxy groups -OCH3 is 1. The van der Waals surface area contributed by atoms with Crippen LogP contribution < -0.4 is 15.0 Å². The molecule has 0 bridgehead atoms. The monoisotopic (exact) mass is 400 g/mol. The van der Waals surface area contributed by atoms with Crippen LogP contribution in [0, 0.1) is 13.8 Å². The Morgan fingerprint density at radius 3 is 2.47 bits per heavy atom. The largest absolute Gasteiger partial charge is 0.495 e. The first-order chi connectivity index (χ1) is 14.5. The Morgan fingerprint density at radius 2 is 1.73 bits per heavy atom. The zero-order valence-electron chi connectivity index (χ0n) is 18.0. The summed E-state index contributed by atoms with van der Waals surface area (Å²) in [4.78, 5) is 15.5. The van der Waals surface area contributed by atoms with Crippen LogP contribution in [0.15, 0.2) is 66.7 Å². The third kappa shape index (κ3) is 3.65. The molecule has 2 atom stereocenters. The maximum Gasteiger partial charge on any atom is 0.258 e. The summed E-state index contributed by atoms with van der Waals surface area (Å²) in [5, 5.41) is 3.66. The first-order valence-electron chi connectivity index (χ1n) is 10.4. The maximum atomic E-state index is 13.5. The Morgan fingerprint density at radius 1 is 1.00 bits per heavy atom. The number of carbonyl (C=O) groups excluding carboxylic acids is 1. The van der Waals surface area contributed by atoms with Crippen LogP contribution in [0.1, 0.15) is 46.4 Å². The molecule has 0 saturated heterocycles. The van der Waals surface area contributed by atoms with Gasteiger partial charge >= 0.3 is 0 Å². The van der Waals surface area contributed by atoms with Gasteiger partial charge in [-0.1, -0.05) is 48.0 Å². The number of hydrogen-bond donors (Lipinski definition) is 1. The summed E-state index contributed by atoms with van der Waals surface area (Å²) >= 11 is 0. The van der Waals surface area contributed by atoms with Crippen LogP contribution in [-0.2, 0) is 0 Å². The summed E-state index contributed by atoms with van der Waals surface area (Å²) in [5.74, 6) is 0.867. The van der Waals surface area contributed by atoms with Crippen molar-refractivity contribution in [1.82, 2.24) is 0 Å². The van der Waals surface area contributed by atoms with Crippen molar-refractivity contribution in [2.24, 2.45) is 0 Å². The first kappa shape index (κ1) is 20.0. The van der Waals surface area contributed by atoms with Gasteiger partial charge in [0.05, 0.1) is 24.5 Å². The smallest absolute Gasteiger partial charge is 0.258 e. The van der Waals surface area contributed by atoms with E-state index in [1.165, 1.54) is 0 Å². The Hall–Kier alpha value is -3.27. The molecule has 4 rings (SSSR count). The molecule has 0 saturated carbocycles. The standard InChI is InChI=1S/C26H28N2O2/c1-17-12-14-20(15-13-17)26(29)28-19(3)16-23(21-9-7-8-18(2)25(21)28)27-22-10-5-6-11-24(22)30-4/h5-15,19,23,27H,16H2,1-4H3/t19-,23+/m0/s1. The molecule has 4 nitrogen and oxygen atoms in total. The minimum Gasteiger partial charge on any atom is -0.495 e. The fraction of sp³-hybridized carbons (Fsp3) is 0.269.